The van der Waals surface area contributed by atoms with E-state index >= 15 is 0 Å². The van der Waals surface area contributed by atoms with Crippen LogP contribution in [0.25, 0.3) is 0 Å². The molecule has 1 aromatic heterocycles. The highest BCUT2D eigenvalue weighted by atomic mass is 15.2. The molecule has 4 nitrogen and oxygen atoms in total. The summed E-state index contributed by atoms with van der Waals surface area (Å²) in [6.45, 7) is 7.36. The SMILES string of the molecule is CCN(C)c1ccc(CN2CCCCC2C(C)N)cn1. The second-order valence-electron chi connectivity index (χ2n) is 5.93. The number of likely N-dealkylation sites (tertiary alicyclic amines) is 1. The predicted molar refractivity (Wildman–Crippen MR) is 84.9 cm³/mol. The molecule has 0 bridgehead atoms. The number of rotatable bonds is 5. The van der Waals surface area contributed by atoms with Crippen LogP contribution in [0.5, 0.6) is 0 Å². The van der Waals surface area contributed by atoms with Gasteiger partial charge in [-0.15, -0.1) is 0 Å². The van der Waals surface area contributed by atoms with Gasteiger partial charge in [0.25, 0.3) is 0 Å². The molecule has 20 heavy (non-hydrogen) atoms. The normalized spacial score (nSPS) is 21.7. The second kappa shape index (κ2) is 7.04. The van der Waals surface area contributed by atoms with Gasteiger partial charge < -0.3 is 10.6 Å². The van der Waals surface area contributed by atoms with E-state index in [0.717, 1.165) is 25.5 Å². The predicted octanol–water partition coefficient (Wildman–Crippen LogP) is 2.24. The fraction of sp³-hybridized carbons (Fsp3) is 0.688. The van der Waals surface area contributed by atoms with E-state index in [1.165, 1.54) is 24.8 Å². The van der Waals surface area contributed by atoms with Crippen molar-refractivity contribution in [3.05, 3.63) is 23.9 Å². The van der Waals surface area contributed by atoms with Crippen molar-refractivity contribution in [3.63, 3.8) is 0 Å². The summed E-state index contributed by atoms with van der Waals surface area (Å²) in [6, 6.07) is 5.07. The quantitative estimate of drug-likeness (QED) is 0.896. The van der Waals surface area contributed by atoms with Crippen LogP contribution in [0.1, 0.15) is 38.7 Å². The molecule has 4 heteroatoms. The van der Waals surface area contributed by atoms with Gasteiger partial charge in [-0.3, -0.25) is 4.90 Å². The summed E-state index contributed by atoms with van der Waals surface area (Å²) in [4.78, 5) is 9.22. The Morgan fingerprint density at radius 2 is 2.25 bits per heavy atom. The van der Waals surface area contributed by atoms with Crippen molar-refractivity contribution in [1.82, 2.24) is 9.88 Å². The average Bonchev–Trinajstić information content (AvgIpc) is 2.47. The van der Waals surface area contributed by atoms with Gasteiger partial charge in [0.1, 0.15) is 5.82 Å². The molecule has 0 aromatic carbocycles. The first-order valence-electron chi connectivity index (χ1n) is 7.77. The summed E-state index contributed by atoms with van der Waals surface area (Å²) < 4.78 is 0. The molecule has 0 spiro atoms. The molecular weight excluding hydrogens is 248 g/mol. The summed E-state index contributed by atoms with van der Waals surface area (Å²) in [5.41, 5.74) is 7.41. The van der Waals surface area contributed by atoms with E-state index in [-0.39, 0.29) is 6.04 Å². The van der Waals surface area contributed by atoms with Gasteiger partial charge in [0, 0.05) is 38.4 Å². The van der Waals surface area contributed by atoms with E-state index in [1.807, 2.05) is 6.20 Å². The summed E-state index contributed by atoms with van der Waals surface area (Å²) in [6.07, 6.45) is 5.82. The molecule has 1 fully saturated rings. The van der Waals surface area contributed by atoms with Gasteiger partial charge in [0.2, 0.25) is 0 Å². The third-order valence-corrected chi connectivity index (χ3v) is 4.33. The topological polar surface area (TPSA) is 45.4 Å². The Morgan fingerprint density at radius 3 is 2.85 bits per heavy atom. The van der Waals surface area contributed by atoms with Crippen LogP contribution in [0.4, 0.5) is 5.82 Å². The first-order chi connectivity index (χ1) is 9.61. The fourth-order valence-electron chi connectivity index (χ4n) is 2.94. The molecule has 1 aliphatic rings. The maximum Gasteiger partial charge on any atom is 0.128 e. The third kappa shape index (κ3) is 3.70. The van der Waals surface area contributed by atoms with Gasteiger partial charge in [-0.1, -0.05) is 12.5 Å². The van der Waals surface area contributed by atoms with Crippen LogP contribution in [0.2, 0.25) is 0 Å². The highest BCUT2D eigenvalue weighted by molar-refractivity contribution is 5.37. The van der Waals surface area contributed by atoms with Gasteiger partial charge in [-0.05, 0) is 44.9 Å². The number of hydrogen-bond donors (Lipinski definition) is 1. The molecule has 0 saturated carbocycles. The Kier molecular flexibility index (Phi) is 5.38. The number of piperidine rings is 1. The molecule has 2 unspecified atom stereocenters. The number of hydrogen-bond acceptors (Lipinski definition) is 4. The number of anilines is 1. The standard InChI is InChI=1S/C16H28N4/c1-4-19(3)16-9-8-14(11-18-16)12-20-10-6-5-7-15(20)13(2)17/h8-9,11,13,15H,4-7,10,12,17H2,1-3H3. The monoisotopic (exact) mass is 276 g/mol. The molecular formula is C16H28N4. The molecule has 0 aliphatic carbocycles. The van der Waals surface area contributed by atoms with E-state index < -0.39 is 0 Å². The van der Waals surface area contributed by atoms with Gasteiger partial charge in [-0.25, -0.2) is 4.98 Å². The van der Waals surface area contributed by atoms with Crippen LogP contribution >= 0.6 is 0 Å². The van der Waals surface area contributed by atoms with Crippen LogP contribution in [-0.2, 0) is 6.54 Å². The number of nitrogens with zero attached hydrogens (tertiary/aromatic N) is 3. The lowest BCUT2D eigenvalue weighted by atomic mass is 9.96. The lowest BCUT2D eigenvalue weighted by Crippen LogP contribution is -2.48. The van der Waals surface area contributed by atoms with E-state index in [9.17, 15) is 0 Å². The number of aromatic nitrogens is 1. The van der Waals surface area contributed by atoms with Crippen molar-refractivity contribution < 1.29 is 0 Å². The Labute approximate surface area is 123 Å². The van der Waals surface area contributed by atoms with Crippen molar-refractivity contribution in [2.24, 2.45) is 5.73 Å². The highest BCUT2D eigenvalue weighted by Gasteiger charge is 2.25. The molecule has 2 atom stereocenters. The largest absolute Gasteiger partial charge is 0.360 e. The molecule has 0 radical (unpaired) electrons. The number of pyridine rings is 1. The molecule has 1 aromatic rings. The first-order valence-corrected chi connectivity index (χ1v) is 7.77. The van der Waals surface area contributed by atoms with Crippen LogP contribution in [0.3, 0.4) is 0 Å². The zero-order valence-corrected chi connectivity index (χ0v) is 13.0. The van der Waals surface area contributed by atoms with Crippen LogP contribution in [-0.4, -0.2) is 42.1 Å². The van der Waals surface area contributed by atoms with Crippen LogP contribution < -0.4 is 10.6 Å². The van der Waals surface area contributed by atoms with Gasteiger partial charge in [0.15, 0.2) is 0 Å². The summed E-state index contributed by atoms with van der Waals surface area (Å²) >= 11 is 0. The molecule has 1 saturated heterocycles. The smallest absolute Gasteiger partial charge is 0.128 e. The van der Waals surface area contributed by atoms with Crippen LogP contribution in [0, 0.1) is 0 Å². The summed E-state index contributed by atoms with van der Waals surface area (Å²) in [5.74, 6) is 1.04. The third-order valence-electron chi connectivity index (χ3n) is 4.33. The van der Waals surface area contributed by atoms with Crippen molar-refractivity contribution >= 4 is 5.82 Å². The van der Waals surface area contributed by atoms with E-state index in [4.69, 9.17) is 5.73 Å². The number of nitrogens with two attached hydrogens (primary N) is 1. The van der Waals surface area contributed by atoms with Crippen molar-refractivity contribution in [3.8, 4) is 0 Å². The zero-order chi connectivity index (χ0) is 14.5. The Balaban J connectivity index is 2.01. The minimum absolute atomic E-state index is 0.244. The maximum absolute atomic E-state index is 6.13. The Bertz CT molecular complexity index is 401. The minimum Gasteiger partial charge on any atom is -0.360 e. The summed E-state index contributed by atoms with van der Waals surface area (Å²) in [5, 5.41) is 0. The Hall–Kier alpha value is -1.13. The Morgan fingerprint density at radius 1 is 1.45 bits per heavy atom. The first kappa shape index (κ1) is 15.3. The highest BCUT2D eigenvalue weighted by Crippen LogP contribution is 2.21. The van der Waals surface area contributed by atoms with Gasteiger partial charge in [0.05, 0.1) is 0 Å². The van der Waals surface area contributed by atoms with Gasteiger partial charge in [-0.2, -0.15) is 0 Å². The molecule has 2 heterocycles. The average molecular weight is 276 g/mol. The molecule has 1 aliphatic heterocycles. The van der Waals surface area contributed by atoms with Crippen molar-refractivity contribution in [2.45, 2.75) is 51.7 Å². The maximum atomic E-state index is 6.13. The molecule has 112 valence electrons. The van der Waals surface area contributed by atoms with Gasteiger partial charge >= 0.3 is 0 Å². The lowest BCUT2D eigenvalue weighted by molar-refractivity contribution is 0.123. The summed E-state index contributed by atoms with van der Waals surface area (Å²) in [7, 11) is 2.07. The van der Waals surface area contributed by atoms with E-state index in [2.05, 4.69) is 47.8 Å². The lowest BCUT2D eigenvalue weighted by Gasteiger charge is -2.38. The van der Waals surface area contributed by atoms with Crippen molar-refractivity contribution in [1.29, 1.82) is 0 Å². The van der Waals surface area contributed by atoms with Crippen molar-refractivity contribution in [2.75, 3.05) is 25.0 Å². The molecule has 2 N–H and O–H groups in total. The zero-order valence-electron chi connectivity index (χ0n) is 13.0. The van der Waals surface area contributed by atoms with E-state index in [0.29, 0.717) is 6.04 Å². The van der Waals surface area contributed by atoms with Crippen LogP contribution in [0.15, 0.2) is 18.3 Å². The second-order valence-corrected chi connectivity index (χ2v) is 5.93. The minimum atomic E-state index is 0.244. The molecule has 2 rings (SSSR count). The van der Waals surface area contributed by atoms with E-state index in [1.54, 1.807) is 0 Å². The fourth-order valence-corrected chi connectivity index (χ4v) is 2.94. The molecule has 0 amide bonds.